The minimum atomic E-state index is 0.00431. The van der Waals surface area contributed by atoms with Crippen molar-refractivity contribution in [3.05, 3.63) is 28.3 Å². The third kappa shape index (κ3) is 3.13. The zero-order valence-corrected chi connectivity index (χ0v) is 11.0. The summed E-state index contributed by atoms with van der Waals surface area (Å²) in [6.07, 6.45) is 2.00. The third-order valence-corrected chi connectivity index (χ3v) is 3.00. The highest BCUT2D eigenvalue weighted by Gasteiger charge is 2.13. The van der Waals surface area contributed by atoms with Gasteiger partial charge in [0, 0.05) is 16.6 Å². The van der Waals surface area contributed by atoms with E-state index in [9.17, 15) is 0 Å². The molecule has 16 heavy (non-hydrogen) atoms. The number of halogens is 1. The van der Waals surface area contributed by atoms with E-state index in [0.717, 1.165) is 34.7 Å². The van der Waals surface area contributed by atoms with Gasteiger partial charge in [-0.2, -0.15) is 0 Å². The Bertz CT molecular complexity index is 352. The van der Waals surface area contributed by atoms with Gasteiger partial charge in [0.25, 0.3) is 0 Å². The van der Waals surface area contributed by atoms with Gasteiger partial charge in [0.15, 0.2) is 0 Å². The van der Waals surface area contributed by atoms with Crippen molar-refractivity contribution in [3.8, 4) is 5.75 Å². The summed E-state index contributed by atoms with van der Waals surface area (Å²) >= 11 is 6.12. The van der Waals surface area contributed by atoms with Crippen LogP contribution in [0.2, 0.25) is 5.02 Å². The van der Waals surface area contributed by atoms with Crippen LogP contribution in [-0.2, 0) is 0 Å². The molecule has 0 aliphatic carbocycles. The molecule has 0 fully saturated rings. The van der Waals surface area contributed by atoms with E-state index < -0.39 is 0 Å². The molecule has 1 rings (SSSR count). The Kier molecular flexibility index (Phi) is 5.10. The maximum atomic E-state index is 6.12. The van der Waals surface area contributed by atoms with Crippen LogP contribution in [0.1, 0.15) is 43.9 Å². The largest absolute Gasteiger partial charge is 0.494 e. The van der Waals surface area contributed by atoms with Crippen LogP contribution in [0.25, 0.3) is 0 Å². The van der Waals surface area contributed by atoms with Gasteiger partial charge in [-0.15, -0.1) is 0 Å². The number of hydrogen-bond donors (Lipinski definition) is 1. The van der Waals surface area contributed by atoms with Crippen molar-refractivity contribution in [3.63, 3.8) is 0 Å². The lowest BCUT2D eigenvalue weighted by molar-refractivity contribution is 0.333. The number of aryl methyl sites for hydroxylation is 1. The van der Waals surface area contributed by atoms with Gasteiger partial charge in [0.05, 0.1) is 6.61 Å². The van der Waals surface area contributed by atoms with E-state index in [2.05, 4.69) is 6.92 Å². The first-order valence-electron chi connectivity index (χ1n) is 5.78. The topological polar surface area (TPSA) is 35.2 Å². The molecule has 0 radical (unpaired) electrons. The molecule has 0 heterocycles. The summed E-state index contributed by atoms with van der Waals surface area (Å²) in [5.41, 5.74) is 8.16. The molecular formula is C13H20ClNO. The molecule has 1 atom stereocenters. The minimum absolute atomic E-state index is 0.00431. The van der Waals surface area contributed by atoms with Crippen LogP contribution in [-0.4, -0.2) is 6.61 Å². The van der Waals surface area contributed by atoms with Gasteiger partial charge in [-0.1, -0.05) is 24.9 Å². The molecule has 0 aliphatic heterocycles. The first-order valence-corrected chi connectivity index (χ1v) is 6.16. The molecule has 90 valence electrons. The Hall–Kier alpha value is -0.730. The van der Waals surface area contributed by atoms with Crippen LogP contribution in [0.5, 0.6) is 5.75 Å². The summed E-state index contributed by atoms with van der Waals surface area (Å²) in [4.78, 5) is 0. The molecule has 1 unspecified atom stereocenters. The van der Waals surface area contributed by atoms with E-state index in [-0.39, 0.29) is 6.04 Å². The smallest absolute Gasteiger partial charge is 0.124 e. The summed E-state index contributed by atoms with van der Waals surface area (Å²) in [5, 5.41) is 0.755. The van der Waals surface area contributed by atoms with E-state index in [0.29, 0.717) is 6.61 Å². The summed E-state index contributed by atoms with van der Waals surface area (Å²) < 4.78 is 5.60. The van der Waals surface area contributed by atoms with Gasteiger partial charge >= 0.3 is 0 Å². The fraction of sp³-hybridized carbons (Fsp3) is 0.538. The predicted octanol–water partition coefficient (Wildman–Crippen LogP) is 3.85. The molecule has 2 nitrogen and oxygen atoms in total. The molecular weight excluding hydrogens is 222 g/mol. The molecule has 0 bridgehead atoms. The Morgan fingerprint density at radius 3 is 2.62 bits per heavy atom. The van der Waals surface area contributed by atoms with Crippen LogP contribution in [0.4, 0.5) is 0 Å². The molecule has 3 heteroatoms. The summed E-state index contributed by atoms with van der Waals surface area (Å²) in [6, 6.07) is 3.91. The summed E-state index contributed by atoms with van der Waals surface area (Å²) in [5.74, 6) is 0.866. The monoisotopic (exact) mass is 241 g/mol. The highest BCUT2D eigenvalue weighted by atomic mass is 35.5. The molecule has 2 N–H and O–H groups in total. The second kappa shape index (κ2) is 6.12. The zero-order valence-electron chi connectivity index (χ0n) is 10.2. The number of hydrogen-bond acceptors (Lipinski definition) is 2. The normalized spacial score (nSPS) is 12.6. The van der Waals surface area contributed by atoms with Gasteiger partial charge in [-0.05, 0) is 38.0 Å². The number of ether oxygens (including phenoxy) is 1. The van der Waals surface area contributed by atoms with Crippen LogP contribution in [0.3, 0.4) is 0 Å². The molecule has 0 amide bonds. The van der Waals surface area contributed by atoms with Gasteiger partial charge in [0.1, 0.15) is 5.75 Å². The highest BCUT2D eigenvalue weighted by Crippen LogP contribution is 2.32. The van der Waals surface area contributed by atoms with E-state index in [1.807, 2.05) is 26.0 Å². The fourth-order valence-electron chi connectivity index (χ4n) is 1.71. The molecule has 0 aromatic heterocycles. The standard InChI is InChI=1S/C13H20ClNO/c1-4-6-12(15)10-8-11(14)9(3)7-13(10)16-5-2/h7-8,12H,4-6,15H2,1-3H3. The number of benzene rings is 1. The van der Waals surface area contributed by atoms with Gasteiger partial charge in [-0.25, -0.2) is 0 Å². The molecule has 1 aromatic carbocycles. The average molecular weight is 242 g/mol. The SMILES string of the molecule is CCCC(N)c1cc(Cl)c(C)cc1OCC. The molecule has 0 saturated carbocycles. The van der Waals surface area contributed by atoms with E-state index in [1.54, 1.807) is 0 Å². The second-order valence-corrected chi connectivity index (χ2v) is 4.37. The molecule has 0 spiro atoms. The summed E-state index contributed by atoms with van der Waals surface area (Å²) in [6.45, 7) is 6.71. The van der Waals surface area contributed by atoms with E-state index in [1.165, 1.54) is 0 Å². The predicted molar refractivity (Wildman–Crippen MR) is 69.2 cm³/mol. The van der Waals surface area contributed by atoms with Crippen LogP contribution in [0.15, 0.2) is 12.1 Å². The van der Waals surface area contributed by atoms with Crippen molar-refractivity contribution in [2.24, 2.45) is 5.73 Å². The Balaban J connectivity index is 3.08. The quantitative estimate of drug-likeness (QED) is 0.850. The average Bonchev–Trinajstić information content (AvgIpc) is 2.23. The van der Waals surface area contributed by atoms with Crippen molar-refractivity contribution >= 4 is 11.6 Å². The second-order valence-electron chi connectivity index (χ2n) is 3.97. The van der Waals surface area contributed by atoms with Crippen molar-refractivity contribution in [2.45, 2.75) is 39.7 Å². The maximum absolute atomic E-state index is 6.12. The van der Waals surface area contributed by atoms with Crippen molar-refractivity contribution in [1.82, 2.24) is 0 Å². The van der Waals surface area contributed by atoms with Crippen molar-refractivity contribution in [2.75, 3.05) is 6.61 Å². The lowest BCUT2D eigenvalue weighted by Crippen LogP contribution is -2.12. The Morgan fingerprint density at radius 2 is 2.06 bits per heavy atom. The van der Waals surface area contributed by atoms with E-state index >= 15 is 0 Å². The van der Waals surface area contributed by atoms with Crippen LogP contribution in [0, 0.1) is 6.92 Å². The Labute approximate surface area is 103 Å². The number of rotatable bonds is 5. The third-order valence-electron chi connectivity index (χ3n) is 2.59. The van der Waals surface area contributed by atoms with E-state index in [4.69, 9.17) is 22.1 Å². The summed E-state index contributed by atoms with van der Waals surface area (Å²) in [7, 11) is 0. The van der Waals surface area contributed by atoms with Crippen molar-refractivity contribution in [1.29, 1.82) is 0 Å². The molecule has 0 saturated heterocycles. The van der Waals surface area contributed by atoms with Gasteiger partial charge in [-0.3, -0.25) is 0 Å². The van der Waals surface area contributed by atoms with Gasteiger partial charge < -0.3 is 10.5 Å². The molecule has 0 aliphatic rings. The lowest BCUT2D eigenvalue weighted by atomic mass is 10.0. The van der Waals surface area contributed by atoms with Crippen molar-refractivity contribution < 1.29 is 4.74 Å². The highest BCUT2D eigenvalue weighted by molar-refractivity contribution is 6.31. The Morgan fingerprint density at radius 1 is 1.38 bits per heavy atom. The molecule has 1 aromatic rings. The van der Waals surface area contributed by atoms with Crippen LogP contribution >= 0.6 is 11.6 Å². The first-order chi connectivity index (χ1) is 7.60. The van der Waals surface area contributed by atoms with Crippen LogP contribution < -0.4 is 10.5 Å². The number of nitrogens with two attached hydrogens (primary N) is 1. The zero-order chi connectivity index (χ0) is 12.1. The fourth-order valence-corrected chi connectivity index (χ4v) is 1.88. The maximum Gasteiger partial charge on any atom is 0.124 e. The van der Waals surface area contributed by atoms with Gasteiger partial charge in [0.2, 0.25) is 0 Å². The minimum Gasteiger partial charge on any atom is -0.494 e. The lowest BCUT2D eigenvalue weighted by Gasteiger charge is -2.17. The first kappa shape index (κ1) is 13.3.